The molecule has 0 amide bonds. The molecule has 8 heteroatoms. The van der Waals surface area contributed by atoms with Gasteiger partial charge in [0.15, 0.2) is 5.82 Å². The van der Waals surface area contributed by atoms with E-state index >= 15 is 0 Å². The Morgan fingerprint density at radius 1 is 1.32 bits per heavy atom. The van der Waals surface area contributed by atoms with Crippen LogP contribution in [0.1, 0.15) is 0 Å². The molecule has 0 aliphatic carbocycles. The molecular formula is C11H10BrN7. The first-order chi connectivity index (χ1) is 9.15. The van der Waals surface area contributed by atoms with Crippen molar-refractivity contribution in [3.05, 3.63) is 35.1 Å². The van der Waals surface area contributed by atoms with Crippen LogP contribution in [0.5, 0.6) is 0 Å². The molecule has 1 aromatic carbocycles. The normalized spacial score (nSPS) is 10.8. The maximum atomic E-state index is 5.81. The number of anilines is 1. The predicted molar refractivity (Wildman–Crippen MR) is 73.5 cm³/mol. The highest BCUT2D eigenvalue weighted by Crippen LogP contribution is 2.29. The highest BCUT2D eigenvalue weighted by molar-refractivity contribution is 9.10. The van der Waals surface area contributed by atoms with Crippen molar-refractivity contribution in [2.75, 3.05) is 5.73 Å². The number of nitrogen functional groups attached to an aromatic ring is 1. The van der Waals surface area contributed by atoms with Gasteiger partial charge in [0.1, 0.15) is 5.69 Å². The summed E-state index contributed by atoms with van der Waals surface area (Å²) in [5.41, 5.74) is 8.08. The van der Waals surface area contributed by atoms with E-state index in [1.807, 2.05) is 31.4 Å². The molecule has 0 aliphatic rings. The molecule has 0 aliphatic heterocycles. The average Bonchev–Trinajstić information content (AvgIpc) is 3.00. The zero-order chi connectivity index (χ0) is 13.4. The number of rotatable bonds is 2. The van der Waals surface area contributed by atoms with Crippen LogP contribution in [0.25, 0.3) is 17.1 Å². The lowest BCUT2D eigenvalue weighted by Gasteiger charge is -2.05. The second-order valence-electron chi connectivity index (χ2n) is 4.03. The molecule has 0 atom stereocenters. The SMILES string of the molecule is Cn1cc(-n2nnnc2-c2cc(N)ccc2Br)cn1. The highest BCUT2D eigenvalue weighted by Gasteiger charge is 2.14. The van der Waals surface area contributed by atoms with Crippen LogP contribution in [0.3, 0.4) is 0 Å². The van der Waals surface area contributed by atoms with Crippen molar-refractivity contribution in [3.8, 4) is 17.1 Å². The number of aromatic nitrogens is 6. The molecule has 19 heavy (non-hydrogen) atoms. The van der Waals surface area contributed by atoms with E-state index < -0.39 is 0 Å². The van der Waals surface area contributed by atoms with Gasteiger partial charge in [0.05, 0.1) is 12.4 Å². The lowest BCUT2D eigenvalue weighted by Crippen LogP contribution is -1.99. The van der Waals surface area contributed by atoms with Gasteiger partial charge in [-0.25, -0.2) is 0 Å². The molecule has 0 fully saturated rings. The monoisotopic (exact) mass is 319 g/mol. The summed E-state index contributed by atoms with van der Waals surface area (Å²) < 4.78 is 4.18. The Kier molecular flexibility index (Phi) is 2.79. The van der Waals surface area contributed by atoms with Crippen LogP contribution in [0, 0.1) is 0 Å². The Labute approximate surface area is 117 Å². The van der Waals surface area contributed by atoms with E-state index in [9.17, 15) is 0 Å². The molecule has 2 heterocycles. The Balaban J connectivity index is 2.17. The van der Waals surface area contributed by atoms with Crippen molar-refractivity contribution in [2.45, 2.75) is 0 Å². The first kappa shape index (κ1) is 11.8. The van der Waals surface area contributed by atoms with Gasteiger partial charge in [-0.1, -0.05) is 15.9 Å². The summed E-state index contributed by atoms with van der Waals surface area (Å²) in [6.07, 6.45) is 3.53. The van der Waals surface area contributed by atoms with Gasteiger partial charge >= 0.3 is 0 Å². The number of aryl methyl sites for hydroxylation is 1. The van der Waals surface area contributed by atoms with Crippen LogP contribution >= 0.6 is 15.9 Å². The van der Waals surface area contributed by atoms with E-state index in [0.29, 0.717) is 11.5 Å². The first-order valence-electron chi connectivity index (χ1n) is 5.48. The van der Waals surface area contributed by atoms with E-state index in [1.165, 1.54) is 0 Å². The van der Waals surface area contributed by atoms with Crippen LogP contribution < -0.4 is 5.73 Å². The van der Waals surface area contributed by atoms with Crippen LogP contribution in [0.2, 0.25) is 0 Å². The van der Waals surface area contributed by atoms with Crippen molar-refractivity contribution in [1.29, 1.82) is 0 Å². The minimum atomic E-state index is 0.604. The molecule has 0 saturated carbocycles. The Bertz CT molecular complexity index is 730. The van der Waals surface area contributed by atoms with E-state index in [0.717, 1.165) is 15.7 Å². The largest absolute Gasteiger partial charge is 0.399 e. The van der Waals surface area contributed by atoms with Crippen LogP contribution in [0.4, 0.5) is 5.69 Å². The number of halogens is 1. The van der Waals surface area contributed by atoms with Crippen molar-refractivity contribution < 1.29 is 0 Å². The van der Waals surface area contributed by atoms with Gasteiger partial charge in [0.2, 0.25) is 0 Å². The third-order valence-electron chi connectivity index (χ3n) is 2.64. The number of nitrogens with zero attached hydrogens (tertiary/aromatic N) is 6. The van der Waals surface area contributed by atoms with Gasteiger partial charge in [0, 0.05) is 22.8 Å². The molecule has 7 nitrogen and oxygen atoms in total. The standard InChI is InChI=1S/C11H10BrN7/c1-18-6-8(5-14-18)19-11(15-16-17-19)9-4-7(13)2-3-10(9)12/h2-6H,13H2,1H3. The quantitative estimate of drug-likeness (QED) is 0.721. The zero-order valence-electron chi connectivity index (χ0n) is 10.0. The van der Waals surface area contributed by atoms with E-state index in [4.69, 9.17) is 5.73 Å². The average molecular weight is 320 g/mol. The summed E-state index contributed by atoms with van der Waals surface area (Å²) in [5, 5.41) is 15.9. The fraction of sp³-hybridized carbons (Fsp3) is 0.0909. The minimum absolute atomic E-state index is 0.604. The predicted octanol–water partition coefficient (Wildman–Crippen LogP) is 1.41. The fourth-order valence-electron chi connectivity index (χ4n) is 1.76. The number of benzene rings is 1. The summed E-state index contributed by atoms with van der Waals surface area (Å²) >= 11 is 3.48. The van der Waals surface area contributed by atoms with Crippen LogP contribution in [-0.4, -0.2) is 30.0 Å². The van der Waals surface area contributed by atoms with Gasteiger partial charge in [-0.3, -0.25) is 4.68 Å². The summed E-state index contributed by atoms with van der Waals surface area (Å²) in [4.78, 5) is 0. The molecule has 96 valence electrons. The lowest BCUT2D eigenvalue weighted by atomic mass is 10.2. The second kappa shape index (κ2) is 4.47. The van der Waals surface area contributed by atoms with Gasteiger partial charge in [-0.05, 0) is 28.6 Å². The Morgan fingerprint density at radius 3 is 2.89 bits per heavy atom. The van der Waals surface area contributed by atoms with Crippen LogP contribution in [0.15, 0.2) is 35.1 Å². The van der Waals surface area contributed by atoms with Crippen molar-refractivity contribution in [2.24, 2.45) is 7.05 Å². The van der Waals surface area contributed by atoms with E-state index in [2.05, 4.69) is 36.6 Å². The third-order valence-corrected chi connectivity index (χ3v) is 3.33. The number of nitrogens with two attached hydrogens (primary N) is 1. The Morgan fingerprint density at radius 2 is 2.16 bits per heavy atom. The molecule has 2 aromatic heterocycles. The summed E-state index contributed by atoms with van der Waals surface area (Å²) in [6, 6.07) is 5.50. The van der Waals surface area contributed by atoms with Gasteiger partial charge in [-0.2, -0.15) is 9.78 Å². The second-order valence-corrected chi connectivity index (χ2v) is 4.88. The number of hydrogen-bond acceptors (Lipinski definition) is 5. The molecule has 0 radical (unpaired) electrons. The van der Waals surface area contributed by atoms with E-state index in [-0.39, 0.29) is 0 Å². The Hall–Kier alpha value is -2.22. The molecule has 0 bridgehead atoms. The molecule has 0 saturated heterocycles. The van der Waals surface area contributed by atoms with Gasteiger partial charge < -0.3 is 5.73 Å². The molecule has 0 spiro atoms. The zero-order valence-corrected chi connectivity index (χ0v) is 11.6. The molecule has 3 rings (SSSR count). The first-order valence-corrected chi connectivity index (χ1v) is 6.27. The maximum absolute atomic E-state index is 5.81. The van der Waals surface area contributed by atoms with Gasteiger partial charge in [-0.15, -0.1) is 5.10 Å². The van der Waals surface area contributed by atoms with Gasteiger partial charge in [0.25, 0.3) is 0 Å². The summed E-state index contributed by atoms with van der Waals surface area (Å²) in [5.74, 6) is 0.604. The number of tetrazole rings is 1. The van der Waals surface area contributed by atoms with Crippen LogP contribution in [-0.2, 0) is 7.05 Å². The van der Waals surface area contributed by atoms with E-state index in [1.54, 1.807) is 15.6 Å². The molecule has 3 aromatic rings. The molecule has 2 N–H and O–H groups in total. The molecular weight excluding hydrogens is 310 g/mol. The number of hydrogen-bond donors (Lipinski definition) is 1. The maximum Gasteiger partial charge on any atom is 0.188 e. The third kappa shape index (κ3) is 2.10. The van der Waals surface area contributed by atoms with Crippen molar-refractivity contribution >= 4 is 21.6 Å². The fourth-order valence-corrected chi connectivity index (χ4v) is 2.18. The highest BCUT2D eigenvalue weighted by atomic mass is 79.9. The minimum Gasteiger partial charge on any atom is -0.399 e. The van der Waals surface area contributed by atoms with Crippen molar-refractivity contribution in [3.63, 3.8) is 0 Å². The lowest BCUT2D eigenvalue weighted by molar-refractivity contribution is 0.762. The smallest absolute Gasteiger partial charge is 0.188 e. The van der Waals surface area contributed by atoms with Crippen molar-refractivity contribution in [1.82, 2.24) is 30.0 Å². The summed E-state index contributed by atoms with van der Waals surface area (Å²) in [6.45, 7) is 0. The summed E-state index contributed by atoms with van der Waals surface area (Å²) in [7, 11) is 1.84. The topological polar surface area (TPSA) is 87.4 Å². The molecule has 0 unspecified atom stereocenters.